The lowest BCUT2D eigenvalue weighted by atomic mass is 10.1. The molecule has 0 aliphatic rings. The third-order valence-corrected chi connectivity index (χ3v) is 4.33. The number of carbonyl (C=O) groups is 3. The van der Waals surface area contributed by atoms with Gasteiger partial charge in [-0.3, -0.25) is 14.4 Å². The molecule has 0 atom stereocenters. The van der Waals surface area contributed by atoms with E-state index in [4.69, 9.17) is 9.47 Å². The number of hydrogen-bond donors (Lipinski definition) is 1. The molecule has 0 unspecified atom stereocenters. The van der Waals surface area contributed by atoms with E-state index in [1.54, 1.807) is 32.0 Å². The van der Waals surface area contributed by atoms with Gasteiger partial charge < -0.3 is 19.7 Å². The zero-order valence-corrected chi connectivity index (χ0v) is 17.4. The zero-order chi connectivity index (χ0) is 21.8. The van der Waals surface area contributed by atoms with Gasteiger partial charge in [-0.2, -0.15) is 0 Å². The molecule has 0 bridgehead atoms. The second-order valence-electron chi connectivity index (χ2n) is 6.51. The number of rotatable bonds is 11. The summed E-state index contributed by atoms with van der Waals surface area (Å²) < 4.78 is 10.4. The van der Waals surface area contributed by atoms with E-state index in [1.165, 1.54) is 0 Å². The van der Waals surface area contributed by atoms with E-state index in [-0.39, 0.29) is 31.1 Å². The van der Waals surface area contributed by atoms with Gasteiger partial charge >= 0.3 is 11.9 Å². The van der Waals surface area contributed by atoms with Crippen LogP contribution in [0.1, 0.15) is 37.0 Å². The molecule has 0 fully saturated rings. The summed E-state index contributed by atoms with van der Waals surface area (Å²) in [4.78, 5) is 37.4. The van der Waals surface area contributed by atoms with Crippen LogP contribution in [0.2, 0.25) is 0 Å². The maximum Gasteiger partial charge on any atom is 0.305 e. The Morgan fingerprint density at radius 3 is 2.00 bits per heavy atom. The summed E-state index contributed by atoms with van der Waals surface area (Å²) >= 11 is 0. The SMILES string of the molecule is CCC(=O)OCCN(CCOC(=O)CC)c1cccc(C(=O)Nc2ccccc2)c1. The summed E-state index contributed by atoms with van der Waals surface area (Å²) in [7, 11) is 0. The van der Waals surface area contributed by atoms with Gasteiger partial charge in [0.1, 0.15) is 13.2 Å². The van der Waals surface area contributed by atoms with Crippen LogP contribution in [0.15, 0.2) is 54.6 Å². The number of nitrogens with zero attached hydrogens (tertiary/aromatic N) is 1. The van der Waals surface area contributed by atoms with Crippen molar-refractivity contribution in [3.05, 3.63) is 60.2 Å². The van der Waals surface area contributed by atoms with Gasteiger partial charge in [0.2, 0.25) is 0 Å². The summed E-state index contributed by atoms with van der Waals surface area (Å²) in [6.07, 6.45) is 0.618. The molecule has 0 heterocycles. The van der Waals surface area contributed by atoms with Crippen molar-refractivity contribution in [2.45, 2.75) is 26.7 Å². The van der Waals surface area contributed by atoms with E-state index in [0.717, 1.165) is 5.69 Å². The van der Waals surface area contributed by atoms with Crippen LogP contribution >= 0.6 is 0 Å². The molecule has 0 spiro atoms. The molecule has 30 heavy (non-hydrogen) atoms. The standard InChI is InChI=1S/C23H28N2O5/c1-3-21(26)29-15-13-25(14-16-30-22(27)4-2)20-12-8-9-18(17-20)23(28)24-19-10-6-5-7-11-19/h5-12,17H,3-4,13-16H2,1-2H3,(H,24,28). The second-order valence-corrected chi connectivity index (χ2v) is 6.51. The summed E-state index contributed by atoms with van der Waals surface area (Å²) in [6.45, 7) is 4.71. The predicted octanol–water partition coefficient (Wildman–Crippen LogP) is 3.65. The number of ether oxygens (including phenoxy) is 2. The molecule has 0 aromatic heterocycles. The molecular weight excluding hydrogens is 384 g/mol. The number of carbonyl (C=O) groups excluding carboxylic acids is 3. The third-order valence-electron chi connectivity index (χ3n) is 4.33. The van der Waals surface area contributed by atoms with Gasteiger partial charge in [0.05, 0.1) is 13.1 Å². The molecule has 2 aromatic carbocycles. The van der Waals surface area contributed by atoms with Crippen LogP contribution in [-0.4, -0.2) is 44.1 Å². The Hall–Kier alpha value is -3.35. The highest BCUT2D eigenvalue weighted by Crippen LogP contribution is 2.18. The Morgan fingerprint density at radius 2 is 1.43 bits per heavy atom. The average molecular weight is 412 g/mol. The Kier molecular flexibility index (Phi) is 9.37. The molecule has 7 nitrogen and oxygen atoms in total. The molecule has 1 N–H and O–H groups in total. The number of para-hydroxylation sites is 1. The van der Waals surface area contributed by atoms with Gasteiger partial charge in [0.25, 0.3) is 5.91 Å². The monoisotopic (exact) mass is 412 g/mol. The van der Waals surface area contributed by atoms with Crippen molar-refractivity contribution in [1.82, 2.24) is 0 Å². The quantitative estimate of drug-likeness (QED) is 0.567. The summed E-state index contributed by atoms with van der Waals surface area (Å²) in [5.74, 6) is -0.774. The van der Waals surface area contributed by atoms with Crippen LogP contribution in [0.4, 0.5) is 11.4 Å². The number of anilines is 2. The summed E-state index contributed by atoms with van der Waals surface area (Å²) in [5, 5.41) is 2.86. The number of benzene rings is 2. The predicted molar refractivity (Wildman–Crippen MR) is 116 cm³/mol. The number of hydrogen-bond acceptors (Lipinski definition) is 6. The molecular formula is C23H28N2O5. The fourth-order valence-corrected chi connectivity index (χ4v) is 2.68. The third kappa shape index (κ3) is 7.58. The molecule has 0 saturated heterocycles. The van der Waals surface area contributed by atoms with Crippen molar-refractivity contribution < 1.29 is 23.9 Å². The molecule has 2 aromatic rings. The molecule has 160 valence electrons. The van der Waals surface area contributed by atoms with Crippen molar-refractivity contribution >= 4 is 29.2 Å². The Balaban J connectivity index is 2.09. The molecule has 0 saturated carbocycles. The van der Waals surface area contributed by atoms with Gasteiger partial charge in [0.15, 0.2) is 0 Å². The van der Waals surface area contributed by atoms with E-state index in [9.17, 15) is 14.4 Å². The first-order chi connectivity index (χ1) is 14.5. The Morgan fingerprint density at radius 1 is 0.833 bits per heavy atom. The fraction of sp³-hybridized carbons (Fsp3) is 0.348. The lowest BCUT2D eigenvalue weighted by Crippen LogP contribution is -2.32. The molecule has 1 amide bonds. The second kappa shape index (κ2) is 12.3. The summed E-state index contributed by atoms with van der Waals surface area (Å²) in [6, 6.07) is 16.4. The minimum atomic E-state index is -0.275. The number of amides is 1. The number of esters is 2. The Bertz CT molecular complexity index is 816. The highest BCUT2D eigenvalue weighted by atomic mass is 16.5. The first kappa shape index (κ1) is 22.9. The summed E-state index contributed by atoms with van der Waals surface area (Å²) in [5.41, 5.74) is 1.98. The van der Waals surface area contributed by atoms with E-state index >= 15 is 0 Å². The van der Waals surface area contributed by atoms with E-state index in [2.05, 4.69) is 5.32 Å². The van der Waals surface area contributed by atoms with Gasteiger partial charge in [0, 0.05) is 29.8 Å². The van der Waals surface area contributed by atoms with Crippen LogP contribution in [0, 0.1) is 0 Å². The van der Waals surface area contributed by atoms with Crippen LogP contribution in [0.5, 0.6) is 0 Å². The van der Waals surface area contributed by atoms with Crippen molar-refractivity contribution in [2.75, 3.05) is 36.5 Å². The van der Waals surface area contributed by atoms with Crippen molar-refractivity contribution in [1.29, 1.82) is 0 Å². The molecule has 0 aliphatic heterocycles. The molecule has 7 heteroatoms. The zero-order valence-electron chi connectivity index (χ0n) is 17.4. The minimum absolute atomic E-state index is 0.203. The van der Waals surface area contributed by atoms with Gasteiger partial charge in [-0.25, -0.2) is 0 Å². The van der Waals surface area contributed by atoms with Gasteiger partial charge in [-0.05, 0) is 30.3 Å². The first-order valence-electron chi connectivity index (χ1n) is 10.1. The van der Waals surface area contributed by atoms with E-state index < -0.39 is 0 Å². The maximum atomic E-state index is 12.6. The van der Waals surface area contributed by atoms with Crippen LogP contribution in [0.3, 0.4) is 0 Å². The minimum Gasteiger partial charge on any atom is -0.464 e. The van der Waals surface area contributed by atoms with Crippen molar-refractivity contribution in [2.24, 2.45) is 0 Å². The van der Waals surface area contributed by atoms with Gasteiger partial charge in [-0.15, -0.1) is 0 Å². The smallest absolute Gasteiger partial charge is 0.305 e. The molecule has 0 radical (unpaired) electrons. The van der Waals surface area contributed by atoms with Crippen LogP contribution in [-0.2, 0) is 19.1 Å². The van der Waals surface area contributed by atoms with E-state index in [0.29, 0.717) is 37.2 Å². The number of nitrogens with one attached hydrogen (secondary N) is 1. The lowest BCUT2D eigenvalue weighted by molar-refractivity contribution is -0.143. The molecule has 0 aliphatic carbocycles. The topological polar surface area (TPSA) is 84.9 Å². The maximum absolute atomic E-state index is 12.6. The lowest BCUT2D eigenvalue weighted by Gasteiger charge is -2.25. The molecule has 2 rings (SSSR count). The van der Waals surface area contributed by atoms with Crippen molar-refractivity contribution in [3.63, 3.8) is 0 Å². The first-order valence-corrected chi connectivity index (χ1v) is 10.1. The van der Waals surface area contributed by atoms with Crippen LogP contribution < -0.4 is 10.2 Å². The Labute approximate surface area is 177 Å². The van der Waals surface area contributed by atoms with E-state index in [1.807, 2.05) is 41.3 Å². The van der Waals surface area contributed by atoms with Gasteiger partial charge in [-0.1, -0.05) is 38.1 Å². The highest BCUT2D eigenvalue weighted by molar-refractivity contribution is 6.04. The highest BCUT2D eigenvalue weighted by Gasteiger charge is 2.13. The fourth-order valence-electron chi connectivity index (χ4n) is 2.68. The normalized spacial score (nSPS) is 10.2. The van der Waals surface area contributed by atoms with Crippen LogP contribution in [0.25, 0.3) is 0 Å². The van der Waals surface area contributed by atoms with Crippen molar-refractivity contribution in [3.8, 4) is 0 Å². The largest absolute Gasteiger partial charge is 0.464 e. The average Bonchev–Trinajstić information content (AvgIpc) is 2.78.